The number of methoxy groups -OCH3 is 1. The van der Waals surface area contributed by atoms with E-state index in [9.17, 15) is 0 Å². The van der Waals surface area contributed by atoms with Gasteiger partial charge >= 0.3 is 0 Å². The van der Waals surface area contributed by atoms with Gasteiger partial charge in [-0.2, -0.15) is 0 Å². The zero-order valence-electron chi connectivity index (χ0n) is 12.2. The van der Waals surface area contributed by atoms with Crippen LogP contribution in [0.25, 0.3) is 10.9 Å². The van der Waals surface area contributed by atoms with Gasteiger partial charge in [-0.15, -0.1) is 11.3 Å². The second-order valence-corrected chi connectivity index (χ2v) is 6.21. The molecule has 3 nitrogen and oxygen atoms in total. The molecule has 110 valence electrons. The zero-order chi connectivity index (χ0) is 14.5. The Bertz CT molecular complexity index is 675. The predicted molar refractivity (Wildman–Crippen MR) is 88.6 cm³/mol. The van der Waals surface area contributed by atoms with Gasteiger partial charge < -0.3 is 9.72 Å². The molecule has 0 aliphatic carbocycles. The highest BCUT2D eigenvalue weighted by molar-refractivity contribution is 7.09. The number of benzene rings is 1. The largest absolute Gasteiger partial charge is 0.383 e. The molecule has 4 heteroatoms. The fourth-order valence-electron chi connectivity index (χ4n) is 2.52. The van der Waals surface area contributed by atoms with Crippen molar-refractivity contribution in [2.75, 3.05) is 20.3 Å². The number of aromatic nitrogens is 1. The van der Waals surface area contributed by atoms with Crippen molar-refractivity contribution in [2.24, 2.45) is 0 Å². The van der Waals surface area contributed by atoms with Gasteiger partial charge in [0.1, 0.15) is 0 Å². The molecule has 21 heavy (non-hydrogen) atoms. The van der Waals surface area contributed by atoms with Crippen LogP contribution in [0.3, 0.4) is 0 Å². The van der Waals surface area contributed by atoms with E-state index >= 15 is 0 Å². The fourth-order valence-corrected chi connectivity index (χ4v) is 3.26. The Hall–Kier alpha value is -1.62. The summed E-state index contributed by atoms with van der Waals surface area (Å²) >= 11 is 1.81. The Labute approximate surface area is 129 Å². The van der Waals surface area contributed by atoms with Crippen LogP contribution in [-0.4, -0.2) is 30.1 Å². The summed E-state index contributed by atoms with van der Waals surface area (Å²) < 4.78 is 5.24. The topological polar surface area (TPSA) is 28.3 Å². The number of rotatable bonds is 7. The summed E-state index contributed by atoms with van der Waals surface area (Å²) in [5.41, 5.74) is 2.54. The third kappa shape index (κ3) is 3.73. The number of nitrogens with zero attached hydrogens (tertiary/aromatic N) is 1. The van der Waals surface area contributed by atoms with Gasteiger partial charge in [0.25, 0.3) is 0 Å². The number of hydrogen-bond donors (Lipinski definition) is 1. The Balaban J connectivity index is 1.72. The Morgan fingerprint density at radius 1 is 1.19 bits per heavy atom. The number of H-pyrrole nitrogens is 1. The van der Waals surface area contributed by atoms with Crippen molar-refractivity contribution in [3.8, 4) is 0 Å². The molecular weight excluding hydrogens is 280 g/mol. The maximum atomic E-state index is 5.24. The molecule has 0 radical (unpaired) electrons. The lowest BCUT2D eigenvalue weighted by atomic mass is 10.1. The molecule has 3 rings (SSSR count). The van der Waals surface area contributed by atoms with E-state index in [1.54, 1.807) is 7.11 Å². The molecule has 0 unspecified atom stereocenters. The number of fused-ring (bicyclic) bond motifs is 1. The Morgan fingerprint density at radius 3 is 2.95 bits per heavy atom. The first-order valence-electron chi connectivity index (χ1n) is 7.15. The number of nitrogens with one attached hydrogen (secondary N) is 1. The van der Waals surface area contributed by atoms with Gasteiger partial charge in [-0.3, -0.25) is 4.90 Å². The third-order valence-corrected chi connectivity index (χ3v) is 4.46. The maximum absolute atomic E-state index is 5.24. The lowest BCUT2D eigenvalue weighted by molar-refractivity contribution is 0.141. The minimum atomic E-state index is 0.762. The van der Waals surface area contributed by atoms with Gasteiger partial charge in [0, 0.05) is 43.3 Å². The molecule has 1 aromatic carbocycles. The first-order valence-corrected chi connectivity index (χ1v) is 8.03. The summed E-state index contributed by atoms with van der Waals surface area (Å²) in [7, 11) is 1.76. The SMILES string of the molecule is COCCN(Cc1ccc2[nH]ccc2c1)Cc1cccs1. The molecule has 0 amide bonds. The monoisotopic (exact) mass is 300 g/mol. The molecule has 0 atom stereocenters. The average molecular weight is 300 g/mol. The quantitative estimate of drug-likeness (QED) is 0.717. The summed E-state index contributed by atoms with van der Waals surface area (Å²) in [6.45, 7) is 3.63. The van der Waals surface area contributed by atoms with E-state index in [0.717, 1.165) is 26.2 Å². The minimum Gasteiger partial charge on any atom is -0.383 e. The molecule has 0 saturated carbocycles. The van der Waals surface area contributed by atoms with Crippen molar-refractivity contribution in [3.05, 3.63) is 58.4 Å². The minimum absolute atomic E-state index is 0.762. The number of hydrogen-bond acceptors (Lipinski definition) is 3. The van der Waals surface area contributed by atoms with Crippen molar-refractivity contribution < 1.29 is 4.74 Å². The van der Waals surface area contributed by atoms with Crippen molar-refractivity contribution in [1.29, 1.82) is 0 Å². The van der Waals surface area contributed by atoms with Crippen molar-refractivity contribution in [1.82, 2.24) is 9.88 Å². The molecule has 1 N–H and O–H groups in total. The molecule has 0 fully saturated rings. The Kier molecular flexibility index (Phi) is 4.70. The number of thiophene rings is 1. The van der Waals surface area contributed by atoms with E-state index in [4.69, 9.17) is 4.74 Å². The molecule has 0 spiro atoms. The van der Waals surface area contributed by atoms with Crippen molar-refractivity contribution >= 4 is 22.2 Å². The highest BCUT2D eigenvalue weighted by Gasteiger charge is 2.08. The molecule has 0 aliphatic heterocycles. The third-order valence-electron chi connectivity index (χ3n) is 3.60. The number of aromatic amines is 1. The van der Waals surface area contributed by atoms with Crippen molar-refractivity contribution in [3.63, 3.8) is 0 Å². The molecule has 0 saturated heterocycles. The summed E-state index contributed by atoms with van der Waals surface area (Å²) in [5, 5.41) is 3.41. The highest BCUT2D eigenvalue weighted by Crippen LogP contribution is 2.18. The first-order chi connectivity index (χ1) is 10.3. The predicted octanol–water partition coefficient (Wildman–Crippen LogP) is 3.88. The van der Waals surface area contributed by atoms with Crippen LogP contribution in [-0.2, 0) is 17.8 Å². The lowest BCUT2D eigenvalue weighted by Gasteiger charge is -2.21. The molecule has 0 bridgehead atoms. The van der Waals surface area contributed by atoms with E-state index in [2.05, 4.69) is 51.7 Å². The van der Waals surface area contributed by atoms with Crippen LogP contribution in [0.4, 0.5) is 0 Å². The van der Waals surface area contributed by atoms with Crippen LogP contribution in [0.15, 0.2) is 48.0 Å². The van der Waals surface area contributed by atoms with Crippen molar-refractivity contribution in [2.45, 2.75) is 13.1 Å². The summed E-state index contributed by atoms with van der Waals surface area (Å²) in [5.74, 6) is 0. The highest BCUT2D eigenvalue weighted by atomic mass is 32.1. The molecular formula is C17H20N2OS. The van der Waals surface area contributed by atoms with Gasteiger partial charge in [-0.1, -0.05) is 12.1 Å². The van der Waals surface area contributed by atoms with Crippen LogP contribution < -0.4 is 0 Å². The smallest absolute Gasteiger partial charge is 0.0589 e. The van der Waals surface area contributed by atoms with Crippen LogP contribution in [0, 0.1) is 0 Å². The van der Waals surface area contributed by atoms with Gasteiger partial charge in [0.2, 0.25) is 0 Å². The van der Waals surface area contributed by atoms with Gasteiger partial charge in [0.05, 0.1) is 6.61 Å². The second kappa shape index (κ2) is 6.89. The lowest BCUT2D eigenvalue weighted by Crippen LogP contribution is -2.26. The van der Waals surface area contributed by atoms with E-state index in [-0.39, 0.29) is 0 Å². The van der Waals surface area contributed by atoms with E-state index < -0.39 is 0 Å². The molecule has 0 aliphatic rings. The maximum Gasteiger partial charge on any atom is 0.0589 e. The number of ether oxygens (including phenoxy) is 1. The van der Waals surface area contributed by atoms with E-state index in [1.807, 2.05) is 17.5 Å². The summed E-state index contributed by atoms with van der Waals surface area (Å²) in [4.78, 5) is 7.07. The molecule has 2 aromatic heterocycles. The molecule has 3 aromatic rings. The van der Waals surface area contributed by atoms with Crippen LogP contribution in [0.1, 0.15) is 10.4 Å². The Morgan fingerprint density at radius 2 is 2.14 bits per heavy atom. The molecule has 2 heterocycles. The van der Waals surface area contributed by atoms with E-state index in [0.29, 0.717) is 0 Å². The summed E-state index contributed by atoms with van der Waals surface area (Å²) in [6.07, 6.45) is 1.99. The standard InChI is InChI=1S/C17H20N2OS/c1-20-9-8-19(13-16-3-2-10-21-16)12-14-4-5-17-15(11-14)6-7-18-17/h2-7,10-11,18H,8-9,12-13H2,1H3. The fraction of sp³-hybridized carbons (Fsp3) is 0.294. The van der Waals surface area contributed by atoms with Gasteiger partial charge in [-0.05, 0) is 40.6 Å². The first kappa shape index (κ1) is 14.3. The van der Waals surface area contributed by atoms with Gasteiger partial charge in [0.15, 0.2) is 0 Å². The second-order valence-electron chi connectivity index (χ2n) is 5.18. The zero-order valence-corrected chi connectivity index (χ0v) is 13.0. The van der Waals surface area contributed by atoms with E-state index in [1.165, 1.54) is 21.3 Å². The summed E-state index contributed by atoms with van der Waals surface area (Å²) in [6, 6.07) is 13.1. The van der Waals surface area contributed by atoms with Gasteiger partial charge in [-0.25, -0.2) is 0 Å². The van der Waals surface area contributed by atoms with Crippen LogP contribution in [0.2, 0.25) is 0 Å². The van der Waals surface area contributed by atoms with Crippen LogP contribution >= 0.6 is 11.3 Å². The van der Waals surface area contributed by atoms with Crippen LogP contribution in [0.5, 0.6) is 0 Å². The average Bonchev–Trinajstić information content (AvgIpc) is 3.15. The normalized spacial score (nSPS) is 11.5.